The van der Waals surface area contributed by atoms with E-state index >= 15 is 0 Å². The molecule has 4 aromatic rings. The Labute approximate surface area is 207 Å². The van der Waals surface area contributed by atoms with Crippen LogP contribution >= 0.6 is 11.8 Å². The highest BCUT2D eigenvalue weighted by Crippen LogP contribution is 2.32. The zero-order chi connectivity index (χ0) is 24.5. The van der Waals surface area contributed by atoms with Crippen molar-refractivity contribution in [3.05, 3.63) is 87.7 Å². The standard InChI is InChI=1S/C27H25N3O4S/c1-16-7-6-10-22(17(16)2)30-26(32)20-8-4-5-9-21(20)29-27(30)35-18(3)25(31)28-14-19-11-12-23-24(13-19)34-15-33-23/h4-13,18H,14-15H2,1-3H3,(H,28,31). The summed E-state index contributed by atoms with van der Waals surface area (Å²) in [6.07, 6.45) is 0. The minimum atomic E-state index is -0.478. The molecule has 0 aliphatic carbocycles. The molecule has 1 aliphatic heterocycles. The van der Waals surface area contributed by atoms with Gasteiger partial charge in [0.2, 0.25) is 12.7 Å². The molecule has 8 heteroatoms. The number of hydrogen-bond acceptors (Lipinski definition) is 6. The van der Waals surface area contributed by atoms with E-state index < -0.39 is 5.25 Å². The lowest BCUT2D eigenvalue weighted by Crippen LogP contribution is -2.31. The fraction of sp³-hybridized carbons (Fsp3) is 0.222. The van der Waals surface area contributed by atoms with Crippen molar-refractivity contribution in [2.75, 3.05) is 6.79 Å². The van der Waals surface area contributed by atoms with Crippen LogP contribution in [0.4, 0.5) is 0 Å². The first-order chi connectivity index (χ1) is 16.9. The number of fused-ring (bicyclic) bond motifs is 2. The second-order valence-corrected chi connectivity index (χ2v) is 9.74. The number of aryl methyl sites for hydroxylation is 1. The van der Waals surface area contributed by atoms with Gasteiger partial charge in [0.15, 0.2) is 16.7 Å². The number of aromatic nitrogens is 2. The first-order valence-electron chi connectivity index (χ1n) is 11.3. The van der Waals surface area contributed by atoms with Crippen molar-refractivity contribution in [1.29, 1.82) is 0 Å². The Balaban J connectivity index is 1.43. The minimum absolute atomic E-state index is 0.150. The molecule has 1 unspecified atom stereocenters. The van der Waals surface area contributed by atoms with Gasteiger partial charge in [0.25, 0.3) is 5.56 Å². The summed E-state index contributed by atoms with van der Waals surface area (Å²) in [5.41, 5.74) is 4.20. The molecular weight excluding hydrogens is 462 g/mol. The highest BCUT2D eigenvalue weighted by molar-refractivity contribution is 8.00. The summed E-state index contributed by atoms with van der Waals surface area (Å²) in [6.45, 7) is 6.38. The summed E-state index contributed by atoms with van der Waals surface area (Å²) in [4.78, 5) is 31.3. The van der Waals surface area contributed by atoms with E-state index in [0.29, 0.717) is 34.1 Å². The number of amides is 1. The average Bonchev–Trinajstić information content (AvgIpc) is 3.33. The van der Waals surface area contributed by atoms with E-state index in [-0.39, 0.29) is 18.3 Å². The minimum Gasteiger partial charge on any atom is -0.454 e. The van der Waals surface area contributed by atoms with Gasteiger partial charge in [-0.1, -0.05) is 42.1 Å². The molecule has 1 amide bonds. The van der Waals surface area contributed by atoms with Gasteiger partial charge in [0.05, 0.1) is 21.8 Å². The molecule has 0 radical (unpaired) electrons. The molecule has 0 bridgehead atoms. The van der Waals surface area contributed by atoms with E-state index in [2.05, 4.69) is 5.32 Å². The molecule has 5 rings (SSSR count). The number of carbonyl (C=O) groups is 1. The number of rotatable bonds is 6. The topological polar surface area (TPSA) is 82.5 Å². The number of ether oxygens (including phenoxy) is 2. The molecule has 1 atom stereocenters. The van der Waals surface area contributed by atoms with Crippen LogP contribution < -0.4 is 20.3 Å². The summed E-state index contributed by atoms with van der Waals surface area (Å²) in [7, 11) is 0. The Morgan fingerprint density at radius 3 is 2.74 bits per heavy atom. The summed E-state index contributed by atoms with van der Waals surface area (Å²) >= 11 is 1.27. The van der Waals surface area contributed by atoms with Gasteiger partial charge in [0, 0.05) is 6.54 Å². The molecule has 0 saturated heterocycles. The van der Waals surface area contributed by atoms with Crippen molar-refractivity contribution >= 4 is 28.6 Å². The monoisotopic (exact) mass is 487 g/mol. The van der Waals surface area contributed by atoms with E-state index in [0.717, 1.165) is 22.4 Å². The summed E-state index contributed by atoms with van der Waals surface area (Å²) in [5, 5.41) is 3.51. The van der Waals surface area contributed by atoms with E-state index in [4.69, 9.17) is 14.5 Å². The Morgan fingerprint density at radius 2 is 1.89 bits per heavy atom. The lowest BCUT2D eigenvalue weighted by atomic mass is 10.1. The first-order valence-corrected chi connectivity index (χ1v) is 12.2. The molecular formula is C27H25N3O4S. The fourth-order valence-electron chi connectivity index (χ4n) is 3.98. The van der Waals surface area contributed by atoms with Crippen LogP contribution in [0.25, 0.3) is 16.6 Å². The van der Waals surface area contributed by atoms with Gasteiger partial charge < -0.3 is 14.8 Å². The predicted octanol–water partition coefficient (Wildman–Crippen LogP) is 4.53. The summed E-state index contributed by atoms with van der Waals surface area (Å²) < 4.78 is 12.4. The molecule has 3 aromatic carbocycles. The normalized spacial score (nSPS) is 13.1. The number of thioether (sulfide) groups is 1. The van der Waals surface area contributed by atoms with Crippen molar-refractivity contribution in [1.82, 2.24) is 14.9 Å². The molecule has 1 N–H and O–H groups in total. The molecule has 1 aliphatic rings. The van der Waals surface area contributed by atoms with Crippen LogP contribution in [0.2, 0.25) is 0 Å². The lowest BCUT2D eigenvalue weighted by Gasteiger charge is -2.18. The van der Waals surface area contributed by atoms with E-state index in [1.807, 2.05) is 75.4 Å². The molecule has 0 fully saturated rings. The maximum Gasteiger partial charge on any atom is 0.266 e. The average molecular weight is 488 g/mol. The number of carbonyl (C=O) groups excluding carboxylic acids is 1. The summed E-state index contributed by atoms with van der Waals surface area (Å²) in [6, 6.07) is 18.7. The molecule has 2 heterocycles. The SMILES string of the molecule is Cc1cccc(-n2c(SC(C)C(=O)NCc3ccc4c(c3)OCO4)nc3ccccc3c2=O)c1C. The highest BCUT2D eigenvalue weighted by atomic mass is 32.2. The quantitative estimate of drug-likeness (QED) is 0.318. The van der Waals surface area contributed by atoms with Crippen LogP contribution in [-0.4, -0.2) is 27.5 Å². The largest absolute Gasteiger partial charge is 0.454 e. The maximum atomic E-state index is 13.6. The van der Waals surface area contributed by atoms with Gasteiger partial charge in [-0.3, -0.25) is 14.2 Å². The van der Waals surface area contributed by atoms with Crippen LogP contribution in [0, 0.1) is 13.8 Å². The van der Waals surface area contributed by atoms with Crippen LogP contribution in [0.3, 0.4) is 0 Å². The van der Waals surface area contributed by atoms with E-state index in [1.54, 1.807) is 10.6 Å². The third kappa shape index (κ3) is 4.49. The van der Waals surface area contributed by atoms with Crippen LogP contribution in [0.5, 0.6) is 11.5 Å². The number of hydrogen-bond donors (Lipinski definition) is 1. The first kappa shape index (κ1) is 23.0. The smallest absolute Gasteiger partial charge is 0.266 e. The zero-order valence-electron chi connectivity index (χ0n) is 19.7. The number of benzene rings is 3. The van der Waals surface area contributed by atoms with Crippen molar-refractivity contribution in [3.63, 3.8) is 0 Å². The summed E-state index contributed by atoms with van der Waals surface area (Å²) in [5.74, 6) is 1.23. The highest BCUT2D eigenvalue weighted by Gasteiger charge is 2.21. The Kier molecular flexibility index (Phi) is 6.21. The van der Waals surface area contributed by atoms with Gasteiger partial charge in [-0.2, -0.15) is 0 Å². The Bertz CT molecular complexity index is 1500. The Hall–Kier alpha value is -3.78. The van der Waals surface area contributed by atoms with Crippen molar-refractivity contribution < 1.29 is 14.3 Å². The van der Waals surface area contributed by atoms with Gasteiger partial charge in [-0.05, 0) is 67.8 Å². The van der Waals surface area contributed by atoms with Crippen molar-refractivity contribution in [3.8, 4) is 17.2 Å². The van der Waals surface area contributed by atoms with Gasteiger partial charge >= 0.3 is 0 Å². The third-order valence-electron chi connectivity index (χ3n) is 6.12. The molecule has 7 nitrogen and oxygen atoms in total. The second-order valence-electron chi connectivity index (χ2n) is 8.44. The Morgan fingerprint density at radius 1 is 1.09 bits per heavy atom. The fourth-order valence-corrected chi connectivity index (χ4v) is 4.92. The molecule has 35 heavy (non-hydrogen) atoms. The van der Waals surface area contributed by atoms with E-state index in [1.165, 1.54) is 11.8 Å². The van der Waals surface area contributed by atoms with Gasteiger partial charge in [0.1, 0.15) is 0 Å². The van der Waals surface area contributed by atoms with Crippen LogP contribution in [0.1, 0.15) is 23.6 Å². The molecule has 0 saturated carbocycles. The third-order valence-corrected chi connectivity index (χ3v) is 7.17. The number of nitrogens with zero attached hydrogens (tertiary/aromatic N) is 2. The maximum absolute atomic E-state index is 13.6. The molecule has 178 valence electrons. The van der Waals surface area contributed by atoms with Crippen molar-refractivity contribution in [2.24, 2.45) is 0 Å². The lowest BCUT2D eigenvalue weighted by molar-refractivity contribution is -0.120. The predicted molar refractivity (Wildman–Crippen MR) is 137 cm³/mol. The van der Waals surface area contributed by atoms with Gasteiger partial charge in [-0.15, -0.1) is 0 Å². The van der Waals surface area contributed by atoms with Crippen LogP contribution in [0.15, 0.2) is 70.6 Å². The number of para-hydroxylation sites is 1. The molecule has 0 spiro atoms. The molecule has 1 aromatic heterocycles. The zero-order valence-corrected chi connectivity index (χ0v) is 20.5. The second kappa shape index (κ2) is 9.46. The van der Waals surface area contributed by atoms with Gasteiger partial charge in [-0.25, -0.2) is 4.98 Å². The number of nitrogens with one attached hydrogen (secondary N) is 1. The van der Waals surface area contributed by atoms with E-state index in [9.17, 15) is 9.59 Å². The van der Waals surface area contributed by atoms with Crippen molar-refractivity contribution in [2.45, 2.75) is 37.7 Å². The van der Waals surface area contributed by atoms with Crippen LogP contribution in [-0.2, 0) is 11.3 Å².